The number of rotatable bonds is 1. The van der Waals surface area contributed by atoms with E-state index in [1.54, 1.807) is 6.92 Å². The zero-order valence-corrected chi connectivity index (χ0v) is 6.02. The van der Waals surface area contributed by atoms with Crippen LogP contribution in [0, 0.1) is 0 Å². The highest BCUT2D eigenvalue weighted by molar-refractivity contribution is 5.90. The Labute approximate surface area is 63.3 Å². The van der Waals surface area contributed by atoms with Crippen molar-refractivity contribution < 1.29 is 9.53 Å². The van der Waals surface area contributed by atoms with Gasteiger partial charge in [0.05, 0.1) is 0 Å². The van der Waals surface area contributed by atoms with Crippen molar-refractivity contribution in [3.05, 3.63) is 22.2 Å². The lowest BCUT2D eigenvalue weighted by atomic mass is 10.2. The molecule has 0 amide bonds. The van der Waals surface area contributed by atoms with E-state index in [2.05, 4.69) is 10.0 Å². The summed E-state index contributed by atoms with van der Waals surface area (Å²) in [5, 5.41) is 3.16. The van der Waals surface area contributed by atoms with Gasteiger partial charge in [0.25, 0.3) is 0 Å². The Bertz CT molecular complexity index is 253. The minimum Gasteiger partial charge on any atom is -0.459 e. The summed E-state index contributed by atoms with van der Waals surface area (Å²) in [6.07, 6.45) is 1.63. The van der Waals surface area contributed by atoms with Crippen LogP contribution in [0.25, 0.3) is 10.4 Å². The normalized spacial score (nSPS) is 26.5. The molecule has 0 aromatic carbocycles. The summed E-state index contributed by atoms with van der Waals surface area (Å²) in [6.45, 7) is 1.79. The minimum atomic E-state index is -0.384. The van der Waals surface area contributed by atoms with Gasteiger partial charge in [-0.15, -0.1) is 0 Å². The molecule has 1 aliphatic rings. The number of ether oxygens (including phenoxy) is 1. The van der Waals surface area contributed by atoms with Crippen molar-refractivity contribution in [3.63, 3.8) is 0 Å². The molecule has 58 valence electrons. The van der Waals surface area contributed by atoms with Gasteiger partial charge in [-0.1, -0.05) is 5.11 Å². The smallest absolute Gasteiger partial charge is 0.334 e. The topological polar surface area (TPSA) is 75.1 Å². The van der Waals surface area contributed by atoms with Crippen LogP contribution in [-0.2, 0) is 9.53 Å². The van der Waals surface area contributed by atoms with Gasteiger partial charge in [0.2, 0.25) is 0 Å². The molecule has 1 atom stereocenters. The highest BCUT2D eigenvalue weighted by atomic mass is 16.5. The molecular formula is C6H7N3O2. The fourth-order valence-corrected chi connectivity index (χ4v) is 0.894. The summed E-state index contributed by atoms with van der Waals surface area (Å²) in [7, 11) is 0. The Morgan fingerprint density at radius 3 is 3.09 bits per heavy atom. The first-order valence-electron chi connectivity index (χ1n) is 3.18. The van der Waals surface area contributed by atoms with E-state index in [0.717, 1.165) is 0 Å². The molecule has 1 saturated heterocycles. The van der Waals surface area contributed by atoms with E-state index >= 15 is 0 Å². The minimum absolute atomic E-state index is 0.0948. The van der Waals surface area contributed by atoms with Gasteiger partial charge in [-0.25, -0.2) is 4.79 Å². The number of carbonyl (C=O) groups is 1. The standard InChI is InChI=1S/C6H7N3O2/c1-4-2-5(3-8-9-7)6(10)11-4/h3-4H,2H2,1H3. The van der Waals surface area contributed by atoms with Crippen LogP contribution in [0.3, 0.4) is 0 Å². The van der Waals surface area contributed by atoms with Gasteiger partial charge in [-0.05, 0) is 12.5 Å². The van der Waals surface area contributed by atoms with Gasteiger partial charge >= 0.3 is 5.97 Å². The molecule has 5 heteroatoms. The van der Waals surface area contributed by atoms with E-state index in [4.69, 9.17) is 10.3 Å². The fraction of sp³-hybridized carbons (Fsp3) is 0.500. The zero-order valence-electron chi connectivity index (χ0n) is 6.02. The molecule has 0 aromatic rings. The summed E-state index contributed by atoms with van der Waals surface area (Å²) >= 11 is 0. The molecule has 0 saturated carbocycles. The third-order valence-corrected chi connectivity index (χ3v) is 1.34. The molecule has 0 aliphatic carbocycles. The van der Waals surface area contributed by atoms with Crippen molar-refractivity contribution in [1.29, 1.82) is 0 Å². The third-order valence-electron chi connectivity index (χ3n) is 1.34. The quantitative estimate of drug-likeness (QED) is 0.188. The molecule has 0 N–H and O–H groups in total. The van der Waals surface area contributed by atoms with Crippen LogP contribution in [-0.4, -0.2) is 12.1 Å². The lowest BCUT2D eigenvalue weighted by Crippen LogP contribution is -1.99. The maximum atomic E-state index is 10.8. The van der Waals surface area contributed by atoms with E-state index in [1.165, 1.54) is 6.20 Å². The molecule has 5 nitrogen and oxygen atoms in total. The second-order valence-corrected chi connectivity index (χ2v) is 2.28. The Balaban J connectivity index is 2.74. The predicted molar refractivity (Wildman–Crippen MR) is 37.4 cm³/mol. The molecule has 1 unspecified atom stereocenters. The number of azide groups is 1. The van der Waals surface area contributed by atoms with Gasteiger partial charge in [0, 0.05) is 23.1 Å². The molecular weight excluding hydrogens is 146 g/mol. The molecule has 11 heavy (non-hydrogen) atoms. The highest BCUT2D eigenvalue weighted by Crippen LogP contribution is 2.19. The Morgan fingerprint density at radius 1 is 1.91 bits per heavy atom. The fourth-order valence-electron chi connectivity index (χ4n) is 0.894. The predicted octanol–water partition coefficient (Wildman–Crippen LogP) is 1.52. The van der Waals surface area contributed by atoms with Crippen LogP contribution < -0.4 is 0 Å². The Hall–Kier alpha value is -1.48. The van der Waals surface area contributed by atoms with E-state index in [-0.39, 0.29) is 12.1 Å². The first-order valence-corrected chi connectivity index (χ1v) is 3.18. The first-order chi connectivity index (χ1) is 5.24. The van der Waals surface area contributed by atoms with E-state index in [0.29, 0.717) is 12.0 Å². The summed E-state index contributed by atoms with van der Waals surface area (Å²) in [6, 6.07) is 0. The van der Waals surface area contributed by atoms with Crippen molar-refractivity contribution >= 4 is 5.97 Å². The number of cyclic esters (lactones) is 1. The average Bonchev–Trinajstić information content (AvgIpc) is 2.26. The average molecular weight is 153 g/mol. The second kappa shape index (κ2) is 3.07. The number of hydrogen-bond acceptors (Lipinski definition) is 3. The molecule has 0 aromatic heterocycles. The molecule has 0 bridgehead atoms. The summed E-state index contributed by atoms with van der Waals surface area (Å²) in [5.74, 6) is -0.384. The van der Waals surface area contributed by atoms with Crippen molar-refractivity contribution in [2.45, 2.75) is 19.4 Å². The van der Waals surface area contributed by atoms with Crippen LogP contribution in [0.5, 0.6) is 0 Å². The Kier molecular flexibility index (Phi) is 2.13. The van der Waals surface area contributed by atoms with Crippen LogP contribution >= 0.6 is 0 Å². The molecule has 1 aliphatic heterocycles. The van der Waals surface area contributed by atoms with E-state index < -0.39 is 0 Å². The van der Waals surface area contributed by atoms with Crippen LogP contribution in [0.1, 0.15) is 13.3 Å². The number of nitrogens with zero attached hydrogens (tertiary/aromatic N) is 3. The van der Waals surface area contributed by atoms with Crippen LogP contribution in [0.4, 0.5) is 0 Å². The number of esters is 1. The number of hydrogen-bond donors (Lipinski definition) is 0. The van der Waals surface area contributed by atoms with Crippen molar-refractivity contribution in [1.82, 2.24) is 0 Å². The molecule has 0 spiro atoms. The van der Waals surface area contributed by atoms with Gasteiger partial charge in [0.1, 0.15) is 6.10 Å². The van der Waals surface area contributed by atoms with Crippen molar-refractivity contribution in [2.24, 2.45) is 5.11 Å². The maximum absolute atomic E-state index is 10.8. The summed E-state index contributed by atoms with van der Waals surface area (Å²) in [5.41, 5.74) is 8.38. The van der Waals surface area contributed by atoms with Gasteiger partial charge in [0.15, 0.2) is 0 Å². The van der Waals surface area contributed by atoms with E-state index in [1.807, 2.05) is 0 Å². The van der Waals surface area contributed by atoms with Gasteiger partial charge < -0.3 is 4.74 Å². The second-order valence-electron chi connectivity index (χ2n) is 2.28. The lowest BCUT2D eigenvalue weighted by molar-refractivity contribution is -0.138. The summed E-state index contributed by atoms with van der Waals surface area (Å²) < 4.78 is 4.78. The first kappa shape index (κ1) is 7.63. The van der Waals surface area contributed by atoms with Crippen molar-refractivity contribution in [2.75, 3.05) is 0 Å². The van der Waals surface area contributed by atoms with Crippen LogP contribution in [0.15, 0.2) is 16.9 Å². The zero-order chi connectivity index (χ0) is 8.27. The summed E-state index contributed by atoms with van der Waals surface area (Å²) in [4.78, 5) is 13.3. The SMILES string of the molecule is CC1CC(=CN=[N+]=[N-])C(=O)O1. The molecule has 1 fully saturated rings. The van der Waals surface area contributed by atoms with Crippen molar-refractivity contribution in [3.8, 4) is 0 Å². The lowest BCUT2D eigenvalue weighted by Gasteiger charge is -1.94. The largest absolute Gasteiger partial charge is 0.459 e. The monoisotopic (exact) mass is 153 g/mol. The van der Waals surface area contributed by atoms with E-state index in [9.17, 15) is 4.79 Å². The molecule has 0 radical (unpaired) electrons. The molecule has 1 heterocycles. The molecule has 1 rings (SSSR count). The number of carbonyl (C=O) groups excluding carboxylic acids is 1. The highest BCUT2D eigenvalue weighted by Gasteiger charge is 2.24. The Morgan fingerprint density at radius 2 is 2.64 bits per heavy atom. The maximum Gasteiger partial charge on any atom is 0.334 e. The van der Waals surface area contributed by atoms with Crippen LogP contribution in [0.2, 0.25) is 0 Å². The van der Waals surface area contributed by atoms with Gasteiger partial charge in [-0.2, -0.15) is 0 Å². The van der Waals surface area contributed by atoms with Gasteiger partial charge in [-0.3, -0.25) is 0 Å². The third kappa shape index (κ3) is 1.72.